The molecule has 2 amide bonds. The summed E-state index contributed by atoms with van der Waals surface area (Å²) in [5, 5.41) is 10.0. The first-order chi connectivity index (χ1) is 17.3. The van der Waals surface area contributed by atoms with E-state index in [9.17, 15) is 24.3 Å². The zero-order chi connectivity index (χ0) is 25.3. The van der Waals surface area contributed by atoms with Crippen LogP contribution < -0.4 is 4.90 Å². The van der Waals surface area contributed by atoms with Gasteiger partial charge >= 0.3 is 0 Å². The number of anilines is 1. The monoisotopic (exact) mass is 567 g/mol. The van der Waals surface area contributed by atoms with Gasteiger partial charge in [0.25, 0.3) is 0 Å². The Morgan fingerprint density at radius 2 is 1.78 bits per heavy atom. The van der Waals surface area contributed by atoms with Gasteiger partial charge in [0.2, 0.25) is 11.8 Å². The maximum Gasteiger partial charge on any atom is 0.238 e. The highest BCUT2D eigenvalue weighted by molar-refractivity contribution is 9.12. The fourth-order valence-electron chi connectivity index (χ4n) is 6.01. The zero-order valence-electron chi connectivity index (χ0n) is 18.7. The largest absolute Gasteiger partial charge is 0.463 e. The fourth-order valence-corrected chi connectivity index (χ4v) is 6.59. The van der Waals surface area contributed by atoms with Crippen LogP contribution in [0, 0.1) is 17.8 Å². The lowest BCUT2D eigenvalue weighted by Crippen LogP contribution is -2.39. The molecule has 1 aliphatic heterocycles. The minimum atomic E-state index is -0.680. The molecular formula is C27H19BrClNO6. The van der Waals surface area contributed by atoms with Crippen LogP contribution in [0.25, 0.3) is 0 Å². The van der Waals surface area contributed by atoms with E-state index in [0.717, 1.165) is 5.57 Å². The number of carbonyl (C=O) groups excluding carboxylic acids is 4. The zero-order valence-corrected chi connectivity index (χ0v) is 21.1. The van der Waals surface area contributed by atoms with Crippen LogP contribution in [-0.2, 0) is 25.8 Å². The van der Waals surface area contributed by atoms with Gasteiger partial charge in [-0.3, -0.25) is 24.1 Å². The minimum Gasteiger partial charge on any atom is -0.463 e. The summed E-state index contributed by atoms with van der Waals surface area (Å²) in [7, 11) is 0. The smallest absolute Gasteiger partial charge is 0.238 e. The number of hydrogen-bond acceptors (Lipinski definition) is 6. The average molecular weight is 569 g/mol. The second-order valence-electron chi connectivity index (χ2n) is 9.34. The summed E-state index contributed by atoms with van der Waals surface area (Å²) in [5.41, 5.74) is 1.90. The van der Waals surface area contributed by atoms with Gasteiger partial charge in [-0.25, -0.2) is 0 Å². The van der Waals surface area contributed by atoms with Crippen LogP contribution in [0.4, 0.5) is 5.69 Å². The lowest BCUT2D eigenvalue weighted by molar-refractivity contribution is -0.123. The van der Waals surface area contributed by atoms with E-state index in [1.54, 1.807) is 36.4 Å². The topological polar surface area (TPSA) is 105 Å². The molecule has 0 radical (unpaired) electrons. The van der Waals surface area contributed by atoms with E-state index in [0.29, 0.717) is 39.8 Å². The normalized spacial score (nSPS) is 27.6. The Hall–Kier alpha value is -3.07. The van der Waals surface area contributed by atoms with Gasteiger partial charge in [0.05, 0.1) is 27.9 Å². The molecule has 4 aliphatic rings. The highest BCUT2D eigenvalue weighted by Crippen LogP contribution is 2.55. The van der Waals surface area contributed by atoms with E-state index in [2.05, 4.69) is 15.9 Å². The van der Waals surface area contributed by atoms with Gasteiger partial charge in [0.15, 0.2) is 11.6 Å². The molecule has 4 atom stereocenters. The summed E-state index contributed by atoms with van der Waals surface area (Å²) >= 11 is 9.20. The van der Waals surface area contributed by atoms with Crippen molar-refractivity contribution in [1.29, 1.82) is 0 Å². The van der Waals surface area contributed by atoms with Crippen LogP contribution in [0.2, 0.25) is 5.02 Å². The first-order valence-corrected chi connectivity index (χ1v) is 12.7. The molecule has 7 nitrogen and oxygen atoms in total. The minimum absolute atomic E-state index is 0.164. The van der Waals surface area contributed by atoms with E-state index < -0.39 is 23.7 Å². The fraction of sp³-hybridized carbons (Fsp3) is 0.259. The van der Waals surface area contributed by atoms with Gasteiger partial charge in [-0.15, -0.1) is 0 Å². The number of amides is 2. The highest BCUT2D eigenvalue weighted by atomic mass is 79.9. The number of furan rings is 1. The molecule has 2 aromatic rings. The average Bonchev–Trinajstić information content (AvgIpc) is 3.44. The third kappa shape index (κ3) is 3.35. The lowest BCUT2D eigenvalue weighted by Gasteiger charge is -2.41. The van der Waals surface area contributed by atoms with Crippen LogP contribution in [-0.4, -0.2) is 28.5 Å². The summed E-state index contributed by atoms with van der Waals surface area (Å²) in [6.45, 7) is -0.312. The summed E-state index contributed by atoms with van der Waals surface area (Å²) in [4.78, 5) is 54.7. The first kappa shape index (κ1) is 23.3. The van der Waals surface area contributed by atoms with Crippen molar-refractivity contribution >= 4 is 56.6 Å². The number of hydrogen-bond donors (Lipinski definition) is 1. The molecule has 3 aliphatic carbocycles. The number of fused-ring (bicyclic) bond motifs is 3. The molecule has 9 heteroatoms. The molecular weight excluding hydrogens is 550 g/mol. The van der Waals surface area contributed by atoms with Crippen LogP contribution in [0.3, 0.4) is 0 Å². The summed E-state index contributed by atoms with van der Waals surface area (Å²) in [6, 6.07) is 9.84. The molecule has 1 aromatic carbocycles. The number of ketones is 2. The number of Topliss-reactive ketones (excluding diaryl/α,β-unsaturated/α-hetero) is 1. The van der Waals surface area contributed by atoms with Crippen LogP contribution >= 0.6 is 27.5 Å². The molecule has 0 spiro atoms. The third-order valence-electron chi connectivity index (χ3n) is 7.54. The predicted octanol–water partition coefficient (Wildman–Crippen LogP) is 4.39. The second-order valence-corrected chi connectivity index (χ2v) is 10.6. The maximum absolute atomic E-state index is 13.8. The number of rotatable bonds is 3. The molecule has 1 aromatic heterocycles. The molecule has 0 bridgehead atoms. The van der Waals surface area contributed by atoms with Crippen molar-refractivity contribution in [3.05, 3.63) is 86.3 Å². The highest BCUT2D eigenvalue weighted by Gasteiger charge is 2.57. The first-order valence-electron chi connectivity index (χ1n) is 11.5. The Kier molecular flexibility index (Phi) is 5.51. The van der Waals surface area contributed by atoms with Gasteiger partial charge in [0.1, 0.15) is 18.1 Å². The standard InChI is InChI=1S/C27H19BrClNO6/c28-19-10-20(32)23-18(25(19)33)9-17-15(24(23)21-8-5-14(11-31)36-21)6-7-16-22(17)27(35)30(26(16)34)13-3-1-12(29)2-4-13/h1-6,8,10,16-17,22,24,31H,7,9,11H2. The number of aliphatic hydroxyl groups excluding tert-OH is 1. The Balaban J connectivity index is 1.47. The van der Waals surface area contributed by atoms with Gasteiger partial charge < -0.3 is 9.52 Å². The third-order valence-corrected chi connectivity index (χ3v) is 8.38. The number of carbonyl (C=O) groups is 4. The number of allylic oxidation sites excluding steroid dienone is 6. The molecule has 2 heterocycles. The molecule has 1 fully saturated rings. The number of imide groups is 1. The van der Waals surface area contributed by atoms with Gasteiger partial charge in [0, 0.05) is 22.2 Å². The summed E-state index contributed by atoms with van der Waals surface area (Å²) in [5.74, 6) is -2.86. The Labute approximate surface area is 219 Å². The predicted molar refractivity (Wildman–Crippen MR) is 133 cm³/mol. The Morgan fingerprint density at radius 3 is 2.47 bits per heavy atom. The van der Waals surface area contributed by atoms with Gasteiger partial charge in [-0.1, -0.05) is 23.3 Å². The molecule has 0 saturated carbocycles. The summed E-state index contributed by atoms with van der Waals surface area (Å²) in [6.07, 6.45) is 3.69. The molecule has 36 heavy (non-hydrogen) atoms. The molecule has 4 unspecified atom stereocenters. The van der Waals surface area contributed by atoms with Crippen molar-refractivity contribution in [2.24, 2.45) is 17.8 Å². The van der Waals surface area contributed by atoms with Crippen molar-refractivity contribution < 1.29 is 28.7 Å². The van der Waals surface area contributed by atoms with Crippen LogP contribution in [0.15, 0.2) is 74.2 Å². The number of benzene rings is 1. The van der Waals surface area contributed by atoms with E-state index in [1.165, 1.54) is 11.0 Å². The Bertz CT molecular complexity index is 1450. The van der Waals surface area contributed by atoms with Crippen LogP contribution in [0.5, 0.6) is 0 Å². The quantitative estimate of drug-likeness (QED) is 0.335. The molecule has 182 valence electrons. The lowest BCUT2D eigenvalue weighted by atomic mass is 9.60. The van der Waals surface area contributed by atoms with E-state index >= 15 is 0 Å². The van der Waals surface area contributed by atoms with Crippen molar-refractivity contribution in [2.75, 3.05) is 4.90 Å². The van der Waals surface area contributed by atoms with Crippen molar-refractivity contribution in [1.82, 2.24) is 0 Å². The van der Waals surface area contributed by atoms with Gasteiger partial charge in [-0.2, -0.15) is 0 Å². The maximum atomic E-state index is 13.8. The van der Waals surface area contributed by atoms with E-state index in [4.69, 9.17) is 16.0 Å². The van der Waals surface area contributed by atoms with Crippen LogP contribution in [0.1, 0.15) is 30.3 Å². The summed E-state index contributed by atoms with van der Waals surface area (Å²) < 4.78 is 6.01. The van der Waals surface area contributed by atoms with E-state index in [-0.39, 0.29) is 40.9 Å². The van der Waals surface area contributed by atoms with Crippen molar-refractivity contribution in [2.45, 2.75) is 25.4 Å². The molecule has 1 N–H and O–H groups in total. The number of aliphatic hydroxyl groups is 1. The number of nitrogens with zero attached hydrogens (tertiary/aromatic N) is 1. The molecule has 6 rings (SSSR count). The second kappa shape index (κ2) is 8.50. The number of halogens is 2. The van der Waals surface area contributed by atoms with Gasteiger partial charge in [-0.05, 0) is 71.1 Å². The van der Waals surface area contributed by atoms with E-state index in [1.807, 2.05) is 6.08 Å². The van der Waals surface area contributed by atoms with Crippen molar-refractivity contribution in [3.8, 4) is 0 Å². The Morgan fingerprint density at radius 1 is 1.03 bits per heavy atom. The molecule has 1 saturated heterocycles. The van der Waals surface area contributed by atoms with Crippen molar-refractivity contribution in [3.63, 3.8) is 0 Å². The SMILES string of the molecule is O=C1C=C(Br)C(=O)C2=C1C(c1ccc(CO)o1)C1=CCC3C(=O)N(c4ccc(Cl)cc4)C(=O)C3C1C2.